The first-order valence-electron chi connectivity index (χ1n) is 6.36. The van der Waals surface area contributed by atoms with E-state index in [2.05, 4.69) is 4.72 Å². The molecule has 0 saturated carbocycles. The van der Waals surface area contributed by atoms with E-state index in [1.165, 1.54) is 29.2 Å². The molecule has 2 rings (SSSR count). The van der Waals surface area contributed by atoms with Crippen molar-refractivity contribution in [1.82, 2.24) is 9.62 Å². The number of benzene rings is 1. The first-order valence-corrected chi connectivity index (χ1v) is 8.01. The van der Waals surface area contributed by atoms with Crippen LogP contribution in [-0.2, 0) is 20.6 Å². The molecule has 1 unspecified atom stereocenters. The molecule has 1 heterocycles. The smallest absolute Gasteiger partial charge is 0.335 e. The highest BCUT2D eigenvalue weighted by Gasteiger charge is 2.32. The second kappa shape index (κ2) is 5.82. The van der Waals surface area contributed by atoms with Gasteiger partial charge in [0.1, 0.15) is 6.04 Å². The molecule has 0 aliphatic carbocycles. The van der Waals surface area contributed by atoms with Gasteiger partial charge in [-0.1, -0.05) is 12.1 Å². The van der Waals surface area contributed by atoms with E-state index >= 15 is 0 Å². The topological polar surface area (TPSA) is 104 Å². The molecule has 1 amide bonds. The van der Waals surface area contributed by atoms with Crippen molar-refractivity contribution >= 4 is 21.9 Å². The Morgan fingerprint density at radius 1 is 1.48 bits per heavy atom. The molecule has 114 valence electrons. The number of hydrogen-bond donors (Lipinski definition) is 2. The van der Waals surface area contributed by atoms with E-state index < -0.39 is 22.0 Å². The molecule has 0 bridgehead atoms. The molecule has 1 aromatic carbocycles. The van der Waals surface area contributed by atoms with Crippen LogP contribution in [-0.4, -0.2) is 49.9 Å². The van der Waals surface area contributed by atoms with Crippen LogP contribution in [0.1, 0.15) is 22.3 Å². The summed E-state index contributed by atoms with van der Waals surface area (Å²) >= 11 is 0. The zero-order valence-electron chi connectivity index (χ0n) is 11.4. The molecule has 0 radical (unpaired) electrons. The van der Waals surface area contributed by atoms with Gasteiger partial charge in [0, 0.05) is 13.6 Å². The van der Waals surface area contributed by atoms with Crippen molar-refractivity contribution in [1.29, 1.82) is 0 Å². The SMILES string of the molecule is CN1CCC(NS(=O)(=O)Cc2cccc(C(=O)O)c2)C1=O. The van der Waals surface area contributed by atoms with Gasteiger partial charge in [0.25, 0.3) is 0 Å². The zero-order valence-corrected chi connectivity index (χ0v) is 12.3. The molecule has 21 heavy (non-hydrogen) atoms. The van der Waals surface area contributed by atoms with Gasteiger partial charge >= 0.3 is 5.97 Å². The van der Waals surface area contributed by atoms with Crippen molar-refractivity contribution < 1.29 is 23.1 Å². The third-order valence-corrected chi connectivity index (χ3v) is 4.64. The Morgan fingerprint density at radius 3 is 2.76 bits per heavy atom. The molecule has 7 nitrogen and oxygen atoms in total. The number of hydrogen-bond acceptors (Lipinski definition) is 4. The Kier molecular flexibility index (Phi) is 4.29. The van der Waals surface area contributed by atoms with E-state index in [1.807, 2.05) is 0 Å². The summed E-state index contributed by atoms with van der Waals surface area (Å²) in [7, 11) is -2.09. The predicted octanol–water partition coefficient (Wildman–Crippen LogP) is 0.0349. The molecule has 1 aromatic rings. The lowest BCUT2D eigenvalue weighted by Crippen LogP contribution is -2.41. The van der Waals surface area contributed by atoms with E-state index in [4.69, 9.17) is 5.11 Å². The summed E-state index contributed by atoms with van der Waals surface area (Å²) in [6.45, 7) is 0.514. The average Bonchev–Trinajstić information content (AvgIpc) is 2.70. The van der Waals surface area contributed by atoms with E-state index in [9.17, 15) is 18.0 Å². The van der Waals surface area contributed by atoms with Crippen LogP contribution in [0, 0.1) is 0 Å². The lowest BCUT2D eigenvalue weighted by Gasteiger charge is -2.13. The molecule has 8 heteroatoms. The molecule has 1 aliphatic heterocycles. The van der Waals surface area contributed by atoms with E-state index in [0.29, 0.717) is 18.5 Å². The van der Waals surface area contributed by atoms with Gasteiger partial charge in [-0.2, -0.15) is 0 Å². The van der Waals surface area contributed by atoms with Crippen LogP contribution < -0.4 is 4.72 Å². The molecule has 2 N–H and O–H groups in total. The number of carboxylic acids is 1. The number of aromatic carboxylic acids is 1. The van der Waals surface area contributed by atoms with E-state index in [-0.39, 0.29) is 17.2 Å². The van der Waals surface area contributed by atoms with Crippen LogP contribution in [0.3, 0.4) is 0 Å². The number of likely N-dealkylation sites (N-methyl/N-ethyl adjacent to an activating group) is 1. The fourth-order valence-electron chi connectivity index (χ4n) is 2.20. The number of sulfonamides is 1. The number of amides is 1. The summed E-state index contributed by atoms with van der Waals surface area (Å²) in [6.07, 6.45) is 0.434. The number of likely N-dealkylation sites (tertiary alicyclic amines) is 1. The van der Waals surface area contributed by atoms with Gasteiger partial charge in [-0.15, -0.1) is 0 Å². The Labute approximate surface area is 122 Å². The minimum atomic E-state index is -3.71. The standard InChI is InChI=1S/C13H16N2O5S/c1-15-6-5-11(12(15)16)14-21(19,20)8-9-3-2-4-10(7-9)13(17)18/h2-4,7,11,14H,5-6,8H2,1H3,(H,17,18). The van der Waals surface area contributed by atoms with Crippen LogP contribution in [0.5, 0.6) is 0 Å². The highest BCUT2D eigenvalue weighted by atomic mass is 32.2. The van der Waals surface area contributed by atoms with Crippen LogP contribution in [0.4, 0.5) is 0 Å². The lowest BCUT2D eigenvalue weighted by molar-refractivity contribution is -0.127. The second-order valence-corrected chi connectivity index (χ2v) is 6.74. The predicted molar refractivity (Wildman–Crippen MR) is 75.2 cm³/mol. The highest BCUT2D eigenvalue weighted by molar-refractivity contribution is 7.88. The number of carbonyl (C=O) groups excluding carboxylic acids is 1. The molecular weight excluding hydrogens is 296 g/mol. The fourth-order valence-corrected chi connectivity index (χ4v) is 3.56. The van der Waals surface area contributed by atoms with Gasteiger partial charge in [0.05, 0.1) is 11.3 Å². The van der Waals surface area contributed by atoms with Crippen molar-refractivity contribution in [3.63, 3.8) is 0 Å². The quantitative estimate of drug-likeness (QED) is 0.798. The Bertz CT molecular complexity index is 671. The fraction of sp³-hybridized carbons (Fsp3) is 0.385. The van der Waals surface area contributed by atoms with Gasteiger partial charge < -0.3 is 10.0 Å². The maximum absolute atomic E-state index is 12.1. The number of nitrogens with one attached hydrogen (secondary N) is 1. The Morgan fingerprint density at radius 2 is 2.19 bits per heavy atom. The van der Waals surface area contributed by atoms with Crippen LogP contribution in [0.15, 0.2) is 24.3 Å². The maximum atomic E-state index is 12.1. The highest BCUT2D eigenvalue weighted by Crippen LogP contribution is 2.13. The lowest BCUT2D eigenvalue weighted by atomic mass is 10.1. The minimum Gasteiger partial charge on any atom is -0.478 e. The van der Waals surface area contributed by atoms with Crippen molar-refractivity contribution in [3.05, 3.63) is 35.4 Å². The summed E-state index contributed by atoms with van der Waals surface area (Å²) in [5, 5.41) is 8.89. The molecule has 1 atom stereocenters. The van der Waals surface area contributed by atoms with Crippen molar-refractivity contribution in [2.45, 2.75) is 18.2 Å². The average molecular weight is 312 g/mol. The molecule has 1 fully saturated rings. The van der Waals surface area contributed by atoms with Crippen molar-refractivity contribution in [3.8, 4) is 0 Å². The number of carboxylic acid groups (broad SMARTS) is 1. The normalized spacial score (nSPS) is 19.0. The third kappa shape index (κ3) is 3.79. The Balaban J connectivity index is 2.09. The van der Waals surface area contributed by atoms with Crippen LogP contribution in [0.25, 0.3) is 0 Å². The van der Waals surface area contributed by atoms with Gasteiger partial charge in [-0.05, 0) is 24.1 Å². The monoisotopic (exact) mass is 312 g/mol. The van der Waals surface area contributed by atoms with Crippen LogP contribution in [0.2, 0.25) is 0 Å². The van der Waals surface area contributed by atoms with Crippen LogP contribution >= 0.6 is 0 Å². The van der Waals surface area contributed by atoms with Crippen molar-refractivity contribution in [2.75, 3.05) is 13.6 Å². The van der Waals surface area contributed by atoms with Gasteiger partial charge in [-0.25, -0.2) is 17.9 Å². The zero-order chi connectivity index (χ0) is 15.6. The number of carbonyl (C=O) groups is 2. The molecule has 0 aromatic heterocycles. The van der Waals surface area contributed by atoms with Gasteiger partial charge in [-0.3, -0.25) is 4.79 Å². The van der Waals surface area contributed by atoms with Gasteiger partial charge in [0.2, 0.25) is 15.9 Å². The Hall–Kier alpha value is -1.93. The first-order chi connectivity index (χ1) is 9.78. The maximum Gasteiger partial charge on any atom is 0.335 e. The summed E-state index contributed by atoms with van der Waals surface area (Å²) in [4.78, 5) is 24.0. The molecule has 1 saturated heterocycles. The summed E-state index contributed by atoms with van der Waals surface area (Å²) in [5.41, 5.74) is 0.389. The van der Waals surface area contributed by atoms with E-state index in [0.717, 1.165) is 0 Å². The first kappa shape index (κ1) is 15.5. The summed E-state index contributed by atoms with van der Waals surface area (Å²) < 4.78 is 26.5. The number of nitrogens with zero attached hydrogens (tertiary/aromatic N) is 1. The minimum absolute atomic E-state index is 0.0272. The largest absolute Gasteiger partial charge is 0.478 e. The number of rotatable bonds is 5. The second-order valence-electron chi connectivity index (χ2n) is 4.98. The van der Waals surface area contributed by atoms with E-state index in [1.54, 1.807) is 7.05 Å². The third-order valence-electron chi connectivity index (χ3n) is 3.28. The van der Waals surface area contributed by atoms with Gasteiger partial charge in [0.15, 0.2) is 0 Å². The summed E-state index contributed by atoms with van der Waals surface area (Å²) in [6, 6.07) is 4.99. The molecule has 0 spiro atoms. The van der Waals surface area contributed by atoms with Crippen molar-refractivity contribution in [2.24, 2.45) is 0 Å². The summed E-state index contributed by atoms with van der Waals surface area (Å²) in [5.74, 6) is -1.73. The molecular formula is C13H16N2O5S. The molecule has 1 aliphatic rings.